The van der Waals surface area contributed by atoms with Crippen molar-refractivity contribution in [3.05, 3.63) is 36.5 Å². The highest BCUT2D eigenvalue weighted by Gasteiger charge is 1.76. The van der Waals surface area contributed by atoms with Gasteiger partial charge < -0.3 is 0 Å². The summed E-state index contributed by atoms with van der Waals surface area (Å²) in [7, 11) is 0. The number of rotatable bonds is 2. The number of terminal acetylenes is 1. The smallest absolute Gasteiger partial charge is 0.0199 e. The lowest BCUT2D eigenvalue weighted by atomic mass is 10.2. The summed E-state index contributed by atoms with van der Waals surface area (Å²) in [6.07, 6.45) is 12.3. The topological polar surface area (TPSA) is 0 Å². The fraction of sp³-hybridized carbons (Fsp3) is 0.111. The van der Waals surface area contributed by atoms with Gasteiger partial charge in [-0.15, -0.1) is 6.42 Å². The Balaban J connectivity index is 4.05. The molecule has 0 aromatic heterocycles. The van der Waals surface area contributed by atoms with Gasteiger partial charge in [-0.05, 0) is 13.0 Å². The van der Waals surface area contributed by atoms with Crippen LogP contribution in [0.2, 0.25) is 0 Å². The van der Waals surface area contributed by atoms with Gasteiger partial charge in [0.05, 0.1) is 0 Å². The molecule has 0 fully saturated rings. The van der Waals surface area contributed by atoms with Crippen molar-refractivity contribution in [1.82, 2.24) is 0 Å². The Kier molecular flexibility index (Phi) is 4.26. The van der Waals surface area contributed by atoms with E-state index < -0.39 is 0 Å². The molecule has 0 rings (SSSR count). The van der Waals surface area contributed by atoms with Crippen molar-refractivity contribution < 1.29 is 0 Å². The summed E-state index contributed by atoms with van der Waals surface area (Å²) in [5.74, 6) is 2.51. The quantitative estimate of drug-likeness (QED) is 0.385. The monoisotopic (exact) mass is 118 g/mol. The molecule has 0 aliphatic carbocycles. The van der Waals surface area contributed by atoms with Crippen molar-refractivity contribution in [3.63, 3.8) is 0 Å². The summed E-state index contributed by atoms with van der Waals surface area (Å²) < 4.78 is 0. The van der Waals surface area contributed by atoms with Crippen LogP contribution < -0.4 is 0 Å². The Labute approximate surface area is 56.6 Å². The third kappa shape index (κ3) is 3.37. The van der Waals surface area contributed by atoms with Crippen molar-refractivity contribution in [3.8, 4) is 12.3 Å². The first-order chi connectivity index (χ1) is 4.35. The van der Waals surface area contributed by atoms with Gasteiger partial charge in [0.1, 0.15) is 0 Å². The van der Waals surface area contributed by atoms with E-state index in [1.807, 2.05) is 25.2 Å². The van der Waals surface area contributed by atoms with Gasteiger partial charge in [-0.3, -0.25) is 0 Å². The van der Waals surface area contributed by atoms with Crippen LogP contribution in [0.3, 0.4) is 0 Å². The lowest BCUT2D eigenvalue weighted by Crippen LogP contribution is -1.65. The average Bonchev–Trinajstić information content (AvgIpc) is 1.91. The van der Waals surface area contributed by atoms with Crippen LogP contribution in [0.25, 0.3) is 0 Å². The third-order valence-electron chi connectivity index (χ3n) is 0.890. The van der Waals surface area contributed by atoms with Gasteiger partial charge in [0.15, 0.2) is 0 Å². The molecule has 0 saturated heterocycles. The molecule has 9 heavy (non-hydrogen) atoms. The third-order valence-corrected chi connectivity index (χ3v) is 0.890. The van der Waals surface area contributed by atoms with E-state index >= 15 is 0 Å². The molecule has 0 heterocycles. The summed E-state index contributed by atoms with van der Waals surface area (Å²) in [6.45, 7) is 5.42. The van der Waals surface area contributed by atoms with Gasteiger partial charge in [0.25, 0.3) is 0 Å². The average molecular weight is 118 g/mol. The van der Waals surface area contributed by atoms with E-state index in [1.54, 1.807) is 6.08 Å². The molecule has 0 N–H and O–H groups in total. The SMILES string of the molecule is C#CC(/C=C\C=C)=C/C. The van der Waals surface area contributed by atoms with Gasteiger partial charge in [-0.1, -0.05) is 30.7 Å². The van der Waals surface area contributed by atoms with Crippen LogP contribution in [0.5, 0.6) is 0 Å². The fourth-order valence-corrected chi connectivity index (χ4v) is 0.399. The molecule has 0 unspecified atom stereocenters. The Hall–Kier alpha value is -1.22. The van der Waals surface area contributed by atoms with E-state index in [4.69, 9.17) is 6.42 Å². The van der Waals surface area contributed by atoms with Crippen molar-refractivity contribution >= 4 is 0 Å². The molecule has 0 bridgehead atoms. The molecule has 0 spiro atoms. The van der Waals surface area contributed by atoms with E-state index in [0.717, 1.165) is 5.57 Å². The van der Waals surface area contributed by atoms with Crippen LogP contribution in [-0.4, -0.2) is 0 Å². The molecule has 0 aliphatic rings. The highest BCUT2D eigenvalue weighted by Crippen LogP contribution is 1.92. The molecular weight excluding hydrogens is 108 g/mol. The minimum atomic E-state index is 0.884. The maximum absolute atomic E-state index is 5.12. The lowest BCUT2D eigenvalue weighted by Gasteiger charge is -1.82. The molecule has 0 amide bonds. The van der Waals surface area contributed by atoms with Gasteiger partial charge in [-0.25, -0.2) is 0 Å². The van der Waals surface area contributed by atoms with Gasteiger partial charge in [0.2, 0.25) is 0 Å². The zero-order valence-electron chi connectivity index (χ0n) is 5.59. The number of allylic oxidation sites excluding steroid dienone is 5. The highest BCUT2D eigenvalue weighted by molar-refractivity contribution is 5.36. The molecule has 0 atom stereocenters. The van der Waals surface area contributed by atoms with Crippen LogP contribution in [0.15, 0.2) is 36.5 Å². The van der Waals surface area contributed by atoms with Crippen LogP contribution >= 0.6 is 0 Å². The van der Waals surface area contributed by atoms with Crippen molar-refractivity contribution in [1.29, 1.82) is 0 Å². The fourth-order valence-electron chi connectivity index (χ4n) is 0.399. The Bertz CT molecular complexity index is 175. The minimum Gasteiger partial charge on any atom is -0.115 e. The number of hydrogen-bond donors (Lipinski definition) is 0. The van der Waals surface area contributed by atoms with Crippen molar-refractivity contribution in [2.75, 3.05) is 0 Å². The number of hydrogen-bond acceptors (Lipinski definition) is 0. The van der Waals surface area contributed by atoms with Crippen molar-refractivity contribution in [2.45, 2.75) is 6.92 Å². The second-order valence-corrected chi connectivity index (χ2v) is 1.48. The summed E-state index contributed by atoms with van der Waals surface area (Å²) in [5, 5.41) is 0. The van der Waals surface area contributed by atoms with E-state index in [2.05, 4.69) is 12.5 Å². The first kappa shape index (κ1) is 7.78. The second-order valence-electron chi connectivity index (χ2n) is 1.48. The summed E-state index contributed by atoms with van der Waals surface area (Å²) in [5.41, 5.74) is 0.884. The predicted molar refractivity (Wildman–Crippen MR) is 41.9 cm³/mol. The molecule has 0 aromatic rings. The Morgan fingerprint density at radius 3 is 2.67 bits per heavy atom. The molecule has 0 radical (unpaired) electrons. The van der Waals surface area contributed by atoms with E-state index in [9.17, 15) is 0 Å². The Morgan fingerprint density at radius 1 is 1.67 bits per heavy atom. The molecular formula is C9H10. The standard InChI is InChI=1S/C9H10/c1-4-7-8-9(5-2)6-3/h2,4,6-8H,1H2,3H3/b8-7-,9-6-. The van der Waals surface area contributed by atoms with Gasteiger partial charge in [0, 0.05) is 5.57 Å². The van der Waals surface area contributed by atoms with Crippen LogP contribution in [0.1, 0.15) is 6.92 Å². The molecule has 0 saturated carbocycles. The minimum absolute atomic E-state index is 0.884. The predicted octanol–water partition coefficient (Wildman–Crippen LogP) is 2.31. The molecule has 0 aliphatic heterocycles. The molecule has 0 heteroatoms. The summed E-state index contributed by atoms with van der Waals surface area (Å²) in [4.78, 5) is 0. The van der Waals surface area contributed by atoms with Gasteiger partial charge in [-0.2, -0.15) is 0 Å². The first-order valence-corrected chi connectivity index (χ1v) is 2.77. The molecule has 0 aromatic carbocycles. The maximum Gasteiger partial charge on any atom is 0.0199 e. The second kappa shape index (κ2) is 4.93. The summed E-state index contributed by atoms with van der Waals surface area (Å²) in [6, 6.07) is 0. The zero-order chi connectivity index (χ0) is 7.11. The van der Waals surface area contributed by atoms with Crippen LogP contribution in [0.4, 0.5) is 0 Å². The van der Waals surface area contributed by atoms with E-state index in [1.165, 1.54) is 0 Å². The maximum atomic E-state index is 5.12. The Morgan fingerprint density at radius 2 is 2.33 bits per heavy atom. The van der Waals surface area contributed by atoms with Gasteiger partial charge >= 0.3 is 0 Å². The lowest BCUT2D eigenvalue weighted by molar-refractivity contribution is 1.64. The largest absolute Gasteiger partial charge is 0.115 e. The van der Waals surface area contributed by atoms with E-state index in [0.29, 0.717) is 0 Å². The molecule has 46 valence electrons. The zero-order valence-corrected chi connectivity index (χ0v) is 5.59. The van der Waals surface area contributed by atoms with Crippen LogP contribution in [0, 0.1) is 12.3 Å². The van der Waals surface area contributed by atoms with Crippen LogP contribution in [-0.2, 0) is 0 Å². The highest BCUT2D eigenvalue weighted by atomic mass is 13.8. The first-order valence-electron chi connectivity index (χ1n) is 2.77. The molecule has 0 nitrogen and oxygen atoms in total. The normalized spacial score (nSPS) is 11.3. The van der Waals surface area contributed by atoms with Crippen molar-refractivity contribution in [2.24, 2.45) is 0 Å². The summed E-state index contributed by atoms with van der Waals surface area (Å²) >= 11 is 0. The van der Waals surface area contributed by atoms with E-state index in [-0.39, 0.29) is 0 Å².